The Kier molecular flexibility index (Phi) is 3.55. The van der Waals surface area contributed by atoms with Gasteiger partial charge in [0.25, 0.3) is 0 Å². The summed E-state index contributed by atoms with van der Waals surface area (Å²) in [7, 11) is 2.46. The van der Waals surface area contributed by atoms with Gasteiger partial charge in [0.05, 0.1) is 19.9 Å². The average Bonchev–Trinajstić information content (AvgIpc) is 2.94. The van der Waals surface area contributed by atoms with Gasteiger partial charge in [-0.25, -0.2) is 9.59 Å². The van der Waals surface area contributed by atoms with Crippen molar-refractivity contribution in [2.24, 2.45) is 0 Å². The van der Waals surface area contributed by atoms with Crippen LogP contribution >= 0.6 is 0 Å². The number of carbonyl (C=O) groups excluding carboxylic acids is 2. The first-order chi connectivity index (χ1) is 10.7. The maximum absolute atomic E-state index is 12.0. The van der Waals surface area contributed by atoms with E-state index in [9.17, 15) is 9.59 Å². The molecule has 0 spiro atoms. The molecular formula is C17H15NO4. The van der Waals surface area contributed by atoms with Crippen molar-refractivity contribution in [3.8, 4) is 11.1 Å². The summed E-state index contributed by atoms with van der Waals surface area (Å²) in [6.45, 7) is 0. The van der Waals surface area contributed by atoms with Crippen LogP contribution in [0.1, 0.15) is 11.1 Å². The second kappa shape index (κ2) is 5.52. The standard InChI is InChI=1S/C17H15NO4/c1-21-16(19)18(17(20)22-2)15-9-5-8-13-12-7-4-3-6-11(12)10-14(13)15/h3-9H,10H2,1-2H3. The highest BCUT2D eigenvalue weighted by atomic mass is 16.6. The van der Waals surface area contributed by atoms with Crippen LogP contribution in [0.5, 0.6) is 0 Å². The number of carbonyl (C=O) groups is 2. The van der Waals surface area contributed by atoms with E-state index in [0.29, 0.717) is 12.1 Å². The van der Waals surface area contributed by atoms with Crippen molar-refractivity contribution in [3.63, 3.8) is 0 Å². The molecule has 0 fully saturated rings. The fourth-order valence-corrected chi connectivity index (χ4v) is 2.80. The maximum atomic E-state index is 12.0. The van der Waals surface area contributed by atoms with E-state index in [-0.39, 0.29) is 0 Å². The van der Waals surface area contributed by atoms with Crippen molar-refractivity contribution in [2.45, 2.75) is 6.42 Å². The Bertz CT molecular complexity index is 738. The van der Waals surface area contributed by atoms with Crippen molar-refractivity contribution in [2.75, 3.05) is 19.1 Å². The number of fused-ring (bicyclic) bond motifs is 3. The summed E-state index contributed by atoms with van der Waals surface area (Å²) in [6, 6.07) is 13.5. The van der Waals surface area contributed by atoms with Gasteiger partial charge in [-0.2, -0.15) is 4.90 Å². The number of hydrogen-bond acceptors (Lipinski definition) is 4. The third-order valence-corrected chi connectivity index (χ3v) is 3.78. The zero-order valence-electron chi connectivity index (χ0n) is 12.3. The Labute approximate surface area is 128 Å². The lowest BCUT2D eigenvalue weighted by atomic mass is 10.0. The zero-order chi connectivity index (χ0) is 15.7. The summed E-state index contributed by atoms with van der Waals surface area (Å²) < 4.78 is 9.43. The fraction of sp³-hybridized carbons (Fsp3) is 0.176. The Morgan fingerprint density at radius 3 is 2.23 bits per heavy atom. The Balaban J connectivity index is 2.14. The van der Waals surface area contributed by atoms with Crippen molar-refractivity contribution < 1.29 is 19.1 Å². The van der Waals surface area contributed by atoms with E-state index >= 15 is 0 Å². The number of hydrogen-bond donors (Lipinski definition) is 0. The lowest BCUT2D eigenvalue weighted by Gasteiger charge is -2.20. The van der Waals surface area contributed by atoms with Gasteiger partial charge in [0.15, 0.2) is 0 Å². The number of rotatable bonds is 1. The molecule has 0 N–H and O–H groups in total. The van der Waals surface area contributed by atoms with Crippen LogP contribution in [0.15, 0.2) is 42.5 Å². The van der Waals surface area contributed by atoms with Crippen LogP contribution in [0, 0.1) is 0 Å². The fourth-order valence-electron chi connectivity index (χ4n) is 2.80. The van der Waals surface area contributed by atoms with Crippen molar-refractivity contribution in [1.82, 2.24) is 0 Å². The number of imide groups is 1. The first kappa shape index (κ1) is 14.1. The summed E-state index contributed by atoms with van der Waals surface area (Å²) >= 11 is 0. The second-order valence-electron chi connectivity index (χ2n) is 4.91. The molecule has 0 unspecified atom stereocenters. The third-order valence-electron chi connectivity index (χ3n) is 3.78. The van der Waals surface area contributed by atoms with Crippen LogP contribution in [0.25, 0.3) is 11.1 Å². The number of amides is 2. The van der Waals surface area contributed by atoms with E-state index in [4.69, 9.17) is 9.47 Å². The minimum atomic E-state index is -0.767. The predicted molar refractivity (Wildman–Crippen MR) is 82.0 cm³/mol. The van der Waals surface area contributed by atoms with Crippen LogP contribution in [0.4, 0.5) is 15.3 Å². The highest BCUT2D eigenvalue weighted by molar-refractivity contribution is 6.10. The maximum Gasteiger partial charge on any atom is 0.423 e. The van der Waals surface area contributed by atoms with Gasteiger partial charge in [0.2, 0.25) is 0 Å². The lowest BCUT2D eigenvalue weighted by molar-refractivity contribution is 0.159. The minimum absolute atomic E-state index is 0.493. The molecule has 0 radical (unpaired) electrons. The first-order valence-electron chi connectivity index (χ1n) is 6.83. The highest BCUT2D eigenvalue weighted by Crippen LogP contribution is 2.41. The molecule has 0 aliphatic heterocycles. The summed E-state index contributed by atoms with van der Waals surface area (Å²) in [4.78, 5) is 24.9. The van der Waals surface area contributed by atoms with Crippen molar-refractivity contribution in [3.05, 3.63) is 53.6 Å². The number of ether oxygens (including phenoxy) is 2. The number of anilines is 1. The van der Waals surface area contributed by atoms with Crippen LogP contribution in [-0.2, 0) is 15.9 Å². The van der Waals surface area contributed by atoms with Crippen LogP contribution in [0.3, 0.4) is 0 Å². The van der Waals surface area contributed by atoms with E-state index in [1.54, 1.807) is 6.07 Å². The molecule has 22 heavy (non-hydrogen) atoms. The molecule has 5 nitrogen and oxygen atoms in total. The van der Waals surface area contributed by atoms with E-state index in [1.165, 1.54) is 19.8 Å². The van der Waals surface area contributed by atoms with Gasteiger partial charge >= 0.3 is 12.2 Å². The monoisotopic (exact) mass is 297 g/mol. The van der Waals surface area contributed by atoms with Crippen LogP contribution < -0.4 is 4.90 Å². The van der Waals surface area contributed by atoms with Gasteiger partial charge in [-0.15, -0.1) is 0 Å². The van der Waals surface area contributed by atoms with Gasteiger partial charge in [-0.1, -0.05) is 36.4 Å². The molecule has 2 amide bonds. The van der Waals surface area contributed by atoms with Crippen molar-refractivity contribution >= 4 is 17.9 Å². The van der Waals surface area contributed by atoms with Gasteiger partial charge in [-0.05, 0) is 28.3 Å². The molecule has 0 heterocycles. The summed E-state index contributed by atoms with van der Waals surface area (Å²) in [5.74, 6) is 0. The summed E-state index contributed by atoms with van der Waals surface area (Å²) in [6.07, 6.45) is -0.876. The molecule has 1 aliphatic carbocycles. The predicted octanol–water partition coefficient (Wildman–Crippen LogP) is 3.60. The van der Waals surface area contributed by atoms with E-state index in [0.717, 1.165) is 21.6 Å². The summed E-state index contributed by atoms with van der Waals surface area (Å²) in [5, 5.41) is 0. The van der Waals surface area contributed by atoms with Crippen LogP contribution in [-0.4, -0.2) is 26.4 Å². The Morgan fingerprint density at radius 1 is 0.909 bits per heavy atom. The largest absolute Gasteiger partial charge is 0.452 e. The molecule has 2 aromatic rings. The molecule has 112 valence electrons. The average molecular weight is 297 g/mol. The molecule has 0 saturated carbocycles. The molecule has 5 heteroatoms. The smallest absolute Gasteiger partial charge is 0.423 e. The topological polar surface area (TPSA) is 55.8 Å². The number of nitrogens with zero attached hydrogens (tertiary/aromatic N) is 1. The molecule has 0 atom stereocenters. The molecule has 0 aromatic heterocycles. The number of benzene rings is 2. The molecule has 3 rings (SSSR count). The Morgan fingerprint density at radius 2 is 1.55 bits per heavy atom. The lowest BCUT2D eigenvalue weighted by Crippen LogP contribution is -2.37. The quantitative estimate of drug-likeness (QED) is 0.688. The van der Waals surface area contributed by atoms with Gasteiger partial charge in [0.1, 0.15) is 0 Å². The SMILES string of the molecule is COC(=O)N(C(=O)OC)c1cccc2c1Cc1ccccc1-2. The zero-order valence-corrected chi connectivity index (χ0v) is 12.3. The van der Waals surface area contributed by atoms with Gasteiger partial charge in [0, 0.05) is 6.42 Å². The first-order valence-corrected chi connectivity index (χ1v) is 6.83. The molecule has 0 bridgehead atoms. The molecule has 0 saturated heterocycles. The second-order valence-corrected chi connectivity index (χ2v) is 4.91. The van der Waals surface area contributed by atoms with Crippen LogP contribution in [0.2, 0.25) is 0 Å². The van der Waals surface area contributed by atoms with Crippen molar-refractivity contribution in [1.29, 1.82) is 0 Å². The van der Waals surface area contributed by atoms with Gasteiger partial charge in [-0.3, -0.25) is 0 Å². The van der Waals surface area contributed by atoms with Gasteiger partial charge < -0.3 is 9.47 Å². The Hall–Kier alpha value is -2.82. The molecule has 1 aliphatic rings. The summed E-state index contributed by atoms with van der Waals surface area (Å²) in [5.41, 5.74) is 4.71. The number of methoxy groups -OCH3 is 2. The third kappa shape index (κ3) is 2.11. The van der Waals surface area contributed by atoms with E-state index < -0.39 is 12.2 Å². The molecular weight excluding hydrogens is 282 g/mol. The normalized spacial score (nSPS) is 11.4. The highest BCUT2D eigenvalue weighted by Gasteiger charge is 2.30. The van der Waals surface area contributed by atoms with E-state index in [1.807, 2.05) is 36.4 Å². The van der Waals surface area contributed by atoms with E-state index in [2.05, 4.69) is 0 Å². The molecule has 2 aromatic carbocycles. The minimum Gasteiger partial charge on any atom is -0.452 e.